The van der Waals surface area contributed by atoms with E-state index >= 15 is 0 Å². The third-order valence-electron chi connectivity index (χ3n) is 10.0. The molecule has 0 radical (unpaired) electrons. The molecule has 0 aromatic heterocycles. The number of anilines is 3. The second kappa shape index (κ2) is 12.1. The van der Waals surface area contributed by atoms with Crippen LogP contribution in [0.25, 0.3) is 65.3 Å². The zero-order valence-corrected chi connectivity index (χ0v) is 27.5. The average Bonchev–Trinajstić information content (AvgIpc) is 3.18. The van der Waals surface area contributed by atoms with Crippen molar-refractivity contribution in [3.8, 4) is 22.3 Å². The van der Waals surface area contributed by atoms with Crippen LogP contribution in [0, 0.1) is 0 Å². The van der Waals surface area contributed by atoms with E-state index in [0.717, 1.165) is 23.5 Å². The number of nitrogens with zero attached hydrogens (tertiary/aromatic N) is 1. The van der Waals surface area contributed by atoms with Crippen molar-refractivity contribution in [2.45, 2.75) is 13.3 Å². The summed E-state index contributed by atoms with van der Waals surface area (Å²) >= 11 is 0. The highest BCUT2D eigenvalue weighted by atomic mass is 15.1. The molecule has 1 nitrogen and oxygen atoms in total. The first-order chi connectivity index (χ1) is 24.3. The van der Waals surface area contributed by atoms with Gasteiger partial charge in [0, 0.05) is 16.8 Å². The van der Waals surface area contributed by atoms with Gasteiger partial charge in [0.2, 0.25) is 0 Å². The van der Waals surface area contributed by atoms with Crippen molar-refractivity contribution in [1.82, 2.24) is 0 Å². The maximum Gasteiger partial charge on any atom is 0.0540 e. The Balaban J connectivity index is 1.35. The highest BCUT2D eigenvalue weighted by Gasteiger charge is 2.22. The van der Waals surface area contributed by atoms with Crippen LogP contribution in [0.3, 0.4) is 0 Å². The molecule has 9 rings (SSSR count). The summed E-state index contributed by atoms with van der Waals surface area (Å²) in [5, 5.41) is 10.2. The van der Waals surface area contributed by atoms with E-state index in [0.29, 0.717) is 0 Å². The molecule has 9 aromatic carbocycles. The Morgan fingerprint density at radius 3 is 1.16 bits per heavy atom. The van der Waals surface area contributed by atoms with E-state index in [2.05, 4.69) is 194 Å². The molecule has 232 valence electrons. The predicted octanol–water partition coefficient (Wildman–Crippen LogP) is 13.7. The van der Waals surface area contributed by atoms with Crippen molar-refractivity contribution in [3.63, 3.8) is 0 Å². The number of aryl methyl sites for hydroxylation is 1. The van der Waals surface area contributed by atoms with Crippen LogP contribution in [0.1, 0.15) is 12.5 Å². The van der Waals surface area contributed by atoms with Gasteiger partial charge in [0.1, 0.15) is 0 Å². The molecule has 0 spiro atoms. The second-order valence-electron chi connectivity index (χ2n) is 12.7. The van der Waals surface area contributed by atoms with E-state index < -0.39 is 0 Å². The van der Waals surface area contributed by atoms with E-state index in [1.807, 2.05) is 0 Å². The Morgan fingerprint density at radius 1 is 0.327 bits per heavy atom. The highest BCUT2D eigenvalue weighted by Crippen LogP contribution is 2.48. The number of rotatable bonds is 6. The van der Waals surface area contributed by atoms with Crippen LogP contribution in [-0.2, 0) is 6.42 Å². The fourth-order valence-corrected chi connectivity index (χ4v) is 7.87. The number of fused-ring (bicyclic) bond motifs is 4. The maximum absolute atomic E-state index is 2.37. The van der Waals surface area contributed by atoms with Gasteiger partial charge >= 0.3 is 0 Å². The summed E-state index contributed by atoms with van der Waals surface area (Å²) in [6.07, 6.45) is 1.01. The van der Waals surface area contributed by atoms with Crippen LogP contribution in [0.4, 0.5) is 17.1 Å². The lowest BCUT2D eigenvalue weighted by Crippen LogP contribution is -2.10. The predicted molar refractivity (Wildman–Crippen MR) is 211 cm³/mol. The molecule has 0 atom stereocenters. The van der Waals surface area contributed by atoms with Crippen molar-refractivity contribution in [2.24, 2.45) is 0 Å². The van der Waals surface area contributed by atoms with Gasteiger partial charge in [-0.2, -0.15) is 0 Å². The topological polar surface area (TPSA) is 3.24 Å². The van der Waals surface area contributed by atoms with Crippen LogP contribution in [-0.4, -0.2) is 0 Å². The molecule has 0 aliphatic carbocycles. The molecule has 0 saturated carbocycles. The first-order valence-electron chi connectivity index (χ1n) is 17.2. The molecule has 49 heavy (non-hydrogen) atoms. The summed E-state index contributed by atoms with van der Waals surface area (Å²) < 4.78 is 0. The molecule has 0 aliphatic heterocycles. The second-order valence-corrected chi connectivity index (χ2v) is 12.7. The van der Waals surface area contributed by atoms with E-state index in [4.69, 9.17) is 0 Å². The molecule has 0 unspecified atom stereocenters. The Labute approximate surface area is 287 Å². The molecule has 0 amide bonds. The molecule has 0 heterocycles. The Kier molecular flexibility index (Phi) is 7.17. The summed E-state index contributed by atoms with van der Waals surface area (Å²) in [6.45, 7) is 2.25. The van der Waals surface area contributed by atoms with Crippen molar-refractivity contribution in [2.75, 3.05) is 4.90 Å². The largest absolute Gasteiger partial charge is 0.310 e. The smallest absolute Gasteiger partial charge is 0.0540 e. The van der Waals surface area contributed by atoms with Crippen molar-refractivity contribution in [1.29, 1.82) is 0 Å². The van der Waals surface area contributed by atoms with Crippen molar-refractivity contribution in [3.05, 3.63) is 188 Å². The van der Waals surface area contributed by atoms with Gasteiger partial charge in [0.15, 0.2) is 0 Å². The minimum atomic E-state index is 1.01. The van der Waals surface area contributed by atoms with Gasteiger partial charge in [0.25, 0.3) is 0 Å². The van der Waals surface area contributed by atoms with Gasteiger partial charge in [-0.1, -0.05) is 159 Å². The number of hydrogen-bond donors (Lipinski definition) is 0. The molecular formula is C48H35N. The van der Waals surface area contributed by atoms with Crippen LogP contribution in [0.5, 0.6) is 0 Å². The normalized spacial score (nSPS) is 11.4. The van der Waals surface area contributed by atoms with Crippen molar-refractivity contribution >= 4 is 60.2 Å². The molecular weight excluding hydrogens is 591 g/mol. The lowest BCUT2D eigenvalue weighted by molar-refractivity contribution is 1.16. The van der Waals surface area contributed by atoms with Gasteiger partial charge in [-0.3, -0.25) is 0 Å². The molecule has 1 heteroatoms. The zero-order valence-electron chi connectivity index (χ0n) is 27.5. The minimum absolute atomic E-state index is 1.01. The Hall–Kier alpha value is -6.18. The van der Waals surface area contributed by atoms with E-state index in [1.165, 1.54) is 70.9 Å². The van der Waals surface area contributed by atoms with Gasteiger partial charge in [0.05, 0.1) is 5.69 Å². The van der Waals surface area contributed by atoms with Gasteiger partial charge in [-0.25, -0.2) is 0 Å². The molecule has 9 aromatic rings. The maximum atomic E-state index is 2.37. The lowest BCUT2D eigenvalue weighted by atomic mass is 9.83. The molecule has 0 fully saturated rings. The van der Waals surface area contributed by atoms with E-state index in [9.17, 15) is 0 Å². The summed E-state index contributed by atoms with van der Waals surface area (Å²) in [4.78, 5) is 2.37. The first kappa shape index (κ1) is 29.0. The zero-order chi connectivity index (χ0) is 32.7. The highest BCUT2D eigenvalue weighted by molar-refractivity contribution is 6.25. The van der Waals surface area contributed by atoms with Crippen LogP contribution in [0.15, 0.2) is 182 Å². The summed E-state index contributed by atoms with van der Waals surface area (Å²) in [7, 11) is 0. The van der Waals surface area contributed by atoms with Crippen molar-refractivity contribution < 1.29 is 0 Å². The monoisotopic (exact) mass is 625 g/mol. The number of benzene rings is 9. The first-order valence-corrected chi connectivity index (χ1v) is 17.2. The van der Waals surface area contributed by atoms with E-state index in [1.54, 1.807) is 0 Å². The third-order valence-corrected chi connectivity index (χ3v) is 10.0. The summed E-state index contributed by atoms with van der Waals surface area (Å²) in [5.41, 5.74) is 9.91. The van der Waals surface area contributed by atoms with Crippen LogP contribution >= 0.6 is 0 Å². The van der Waals surface area contributed by atoms with Crippen LogP contribution in [0.2, 0.25) is 0 Å². The Morgan fingerprint density at radius 2 is 0.694 bits per heavy atom. The number of para-hydroxylation sites is 2. The SMILES string of the molecule is CCc1ccc(-c2c3ccccc3c(-c3ccc(N(c4ccccc4)c4ccccc4)c4ccccc34)c3ccccc23)c2ccccc12. The Bertz CT molecular complexity index is 2540. The quantitative estimate of drug-likeness (QED) is 0.166. The summed E-state index contributed by atoms with van der Waals surface area (Å²) in [5.74, 6) is 0. The van der Waals surface area contributed by atoms with Gasteiger partial charge in [-0.15, -0.1) is 0 Å². The lowest BCUT2D eigenvalue weighted by Gasteiger charge is -2.28. The number of hydrogen-bond acceptors (Lipinski definition) is 1. The van der Waals surface area contributed by atoms with E-state index in [-0.39, 0.29) is 0 Å². The average molecular weight is 626 g/mol. The fraction of sp³-hybridized carbons (Fsp3) is 0.0417. The molecule has 0 bridgehead atoms. The van der Waals surface area contributed by atoms with Gasteiger partial charge in [-0.05, 0) is 102 Å². The molecule has 0 saturated heterocycles. The van der Waals surface area contributed by atoms with Crippen LogP contribution < -0.4 is 4.90 Å². The standard InChI is InChI=1S/C48H35N/c1-2-33-29-30-44(37-22-10-9-21-36(33)37)47-40-25-13-15-27-42(40)48(43-28-16-14-26-41(43)47)45-31-32-46(39-24-12-11-23-38(39)45)49(34-17-5-3-6-18-34)35-19-7-4-8-20-35/h3-32H,2H2,1H3. The molecule has 0 N–H and O–H groups in total. The third kappa shape index (κ3) is 4.78. The minimum Gasteiger partial charge on any atom is -0.310 e. The molecule has 0 aliphatic rings. The van der Waals surface area contributed by atoms with Gasteiger partial charge < -0.3 is 4.90 Å². The fourth-order valence-electron chi connectivity index (χ4n) is 7.87. The summed E-state index contributed by atoms with van der Waals surface area (Å²) in [6, 6.07) is 66.5.